The van der Waals surface area contributed by atoms with E-state index in [9.17, 15) is 4.79 Å². The second-order valence-corrected chi connectivity index (χ2v) is 4.37. The van der Waals surface area contributed by atoms with Crippen molar-refractivity contribution in [2.24, 2.45) is 5.92 Å². The molecule has 0 aliphatic heterocycles. The van der Waals surface area contributed by atoms with Crippen LogP contribution in [0.2, 0.25) is 0 Å². The van der Waals surface area contributed by atoms with E-state index in [2.05, 4.69) is 6.58 Å². The maximum Gasteiger partial charge on any atom is 0.256 e. The van der Waals surface area contributed by atoms with Gasteiger partial charge in [-0.05, 0) is 18.8 Å². The van der Waals surface area contributed by atoms with Crippen molar-refractivity contribution in [2.45, 2.75) is 17.7 Å². The summed E-state index contributed by atoms with van der Waals surface area (Å²) >= 11 is 11.0. The summed E-state index contributed by atoms with van der Waals surface area (Å²) in [6.45, 7) is 4.89. The van der Waals surface area contributed by atoms with Gasteiger partial charge in [0.15, 0.2) is 4.84 Å². The minimum atomic E-state index is -0.946. The highest BCUT2D eigenvalue weighted by atomic mass is 35.5. The smallest absolute Gasteiger partial charge is 0.256 e. The summed E-state index contributed by atoms with van der Waals surface area (Å²) < 4.78 is 0. The molecule has 1 rings (SSSR count). The van der Waals surface area contributed by atoms with Gasteiger partial charge in [-0.3, -0.25) is 4.79 Å². The molecule has 1 amide bonds. The van der Waals surface area contributed by atoms with E-state index >= 15 is 0 Å². The van der Waals surface area contributed by atoms with E-state index in [0.29, 0.717) is 12.5 Å². The molecule has 1 aliphatic rings. The molecule has 0 aromatic carbocycles. The number of rotatable bonds is 5. The molecule has 0 heterocycles. The Labute approximate surface area is 88.5 Å². The predicted octanol–water partition coefficient (Wildman–Crippen LogP) is 2.21. The first-order chi connectivity index (χ1) is 6.15. The molecule has 1 fully saturated rings. The van der Waals surface area contributed by atoms with Gasteiger partial charge in [0.2, 0.25) is 0 Å². The van der Waals surface area contributed by atoms with E-state index in [1.807, 2.05) is 0 Å². The molecule has 0 unspecified atom stereocenters. The average molecular weight is 222 g/mol. The third-order valence-electron chi connectivity index (χ3n) is 2.02. The second kappa shape index (κ2) is 4.87. The number of hydrogen-bond acceptors (Lipinski definition) is 1. The van der Waals surface area contributed by atoms with Crippen molar-refractivity contribution >= 4 is 29.1 Å². The highest BCUT2D eigenvalue weighted by Gasteiger charge is 2.28. The van der Waals surface area contributed by atoms with Crippen molar-refractivity contribution in [2.75, 3.05) is 13.1 Å². The van der Waals surface area contributed by atoms with Crippen molar-refractivity contribution in [3.05, 3.63) is 12.7 Å². The van der Waals surface area contributed by atoms with Gasteiger partial charge in [-0.1, -0.05) is 29.3 Å². The lowest BCUT2D eigenvalue weighted by atomic mass is 10.3. The Hall–Kier alpha value is -0.210. The summed E-state index contributed by atoms with van der Waals surface area (Å²) in [7, 11) is 0. The molecule has 0 aromatic rings. The first-order valence-electron chi connectivity index (χ1n) is 4.33. The Morgan fingerprint density at radius 1 is 1.62 bits per heavy atom. The Morgan fingerprint density at radius 3 is 2.62 bits per heavy atom. The lowest BCUT2D eigenvalue weighted by Gasteiger charge is -2.21. The van der Waals surface area contributed by atoms with Gasteiger partial charge in [0.05, 0.1) is 0 Å². The van der Waals surface area contributed by atoms with Crippen LogP contribution in [-0.4, -0.2) is 28.7 Å². The van der Waals surface area contributed by atoms with Crippen molar-refractivity contribution in [3.63, 3.8) is 0 Å². The fourth-order valence-corrected chi connectivity index (χ4v) is 1.44. The SMILES string of the molecule is C=CCN(CC1CC1)C(=O)C(Cl)Cl. The molecule has 2 nitrogen and oxygen atoms in total. The molecule has 0 atom stereocenters. The first-order valence-corrected chi connectivity index (χ1v) is 5.20. The van der Waals surface area contributed by atoms with Gasteiger partial charge in [-0.15, -0.1) is 6.58 Å². The summed E-state index contributed by atoms with van der Waals surface area (Å²) in [5.41, 5.74) is 0. The summed E-state index contributed by atoms with van der Waals surface area (Å²) in [5.74, 6) is 0.436. The van der Waals surface area contributed by atoms with Crippen LogP contribution in [0, 0.1) is 5.92 Å². The van der Waals surface area contributed by atoms with E-state index in [0.717, 1.165) is 6.54 Å². The third-order valence-corrected chi connectivity index (χ3v) is 2.40. The zero-order chi connectivity index (χ0) is 9.84. The van der Waals surface area contributed by atoms with Crippen molar-refractivity contribution in [3.8, 4) is 0 Å². The second-order valence-electron chi connectivity index (χ2n) is 3.28. The summed E-state index contributed by atoms with van der Waals surface area (Å²) in [6.07, 6.45) is 4.10. The van der Waals surface area contributed by atoms with Crippen LogP contribution in [0.1, 0.15) is 12.8 Å². The highest BCUT2D eigenvalue weighted by molar-refractivity contribution is 6.53. The molecule has 0 radical (unpaired) electrons. The van der Waals surface area contributed by atoms with Gasteiger partial charge in [0.25, 0.3) is 5.91 Å². The monoisotopic (exact) mass is 221 g/mol. The largest absolute Gasteiger partial charge is 0.336 e. The Bertz CT molecular complexity index is 202. The normalized spacial score (nSPS) is 15.9. The van der Waals surface area contributed by atoms with Gasteiger partial charge in [0, 0.05) is 13.1 Å². The fraction of sp³-hybridized carbons (Fsp3) is 0.667. The molecule has 0 N–H and O–H groups in total. The van der Waals surface area contributed by atoms with Crippen molar-refractivity contribution in [1.29, 1.82) is 0 Å². The van der Waals surface area contributed by atoms with Crippen LogP contribution in [-0.2, 0) is 4.79 Å². The Balaban J connectivity index is 2.43. The van der Waals surface area contributed by atoms with Crippen LogP contribution >= 0.6 is 23.2 Å². The van der Waals surface area contributed by atoms with Crippen LogP contribution in [0.5, 0.6) is 0 Å². The third kappa shape index (κ3) is 3.57. The molecule has 0 saturated heterocycles. The lowest BCUT2D eigenvalue weighted by molar-refractivity contribution is -0.129. The number of carbonyl (C=O) groups excluding carboxylic acids is 1. The zero-order valence-electron chi connectivity index (χ0n) is 7.38. The quantitative estimate of drug-likeness (QED) is 0.515. The van der Waals surface area contributed by atoms with Crippen LogP contribution in [0.3, 0.4) is 0 Å². The topological polar surface area (TPSA) is 20.3 Å². The fourth-order valence-electron chi connectivity index (χ4n) is 1.16. The predicted molar refractivity (Wildman–Crippen MR) is 55.0 cm³/mol. The number of nitrogens with zero attached hydrogens (tertiary/aromatic N) is 1. The van der Waals surface area contributed by atoms with Crippen LogP contribution in [0.4, 0.5) is 0 Å². The molecule has 0 bridgehead atoms. The molecule has 1 aliphatic carbocycles. The van der Waals surface area contributed by atoms with E-state index in [1.165, 1.54) is 12.8 Å². The van der Waals surface area contributed by atoms with Gasteiger partial charge in [0.1, 0.15) is 0 Å². The molecule has 4 heteroatoms. The average Bonchev–Trinajstić information content (AvgIpc) is 2.86. The van der Waals surface area contributed by atoms with Gasteiger partial charge in [-0.2, -0.15) is 0 Å². The first kappa shape index (κ1) is 10.9. The van der Waals surface area contributed by atoms with Gasteiger partial charge >= 0.3 is 0 Å². The molecular weight excluding hydrogens is 209 g/mol. The van der Waals surface area contributed by atoms with E-state index in [4.69, 9.17) is 23.2 Å². The standard InChI is InChI=1S/C9H13Cl2NO/c1-2-5-12(6-7-3-4-7)9(13)8(10)11/h2,7-8H,1,3-6H2. The van der Waals surface area contributed by atoms with Crippen molar-refractivity contribution < 1.29 is 4.79 Å². The number of hydrogen-bond donors (Lipinski definition) is 0. The molecule has 74 valence electrons. The number of halogens is 2. The molecule has 1 saturated carbocycles. The van der Waals surface area contributed by atoms with Gasteiger partial charge in [-0.25, -0.2) is 0 Å². The Morgan fingerprint density at radius 2 is 2.23 bits per heavy atom. The van der Waals surface area contributed by atoms with Gasteiger partial charge < -0.3 is 4.90 Å². The highest BCUT2D eigenvalue weighted by Crippen LogP contribution is 2.30. The summed E-state index contributed by atoms with van der Waals surface area (Å²) in [5, 5.41) is 0. The van der Waals surface area contributed by atoms with Crippen LogP contribution < -0.4 is 0 Å². The maximum atomic E-state index is 11.4. The number of alkyl halides is 2. The lowest BCUT2D eigenvalue weighted by Crippen LogP contribution is -2.36. The minimum absolute atomic E-state index is 0.213. The zero-order valence-corrected chi connectivity index (χ0v) is 8.89. The van der Waals surface area contributed by atoms with Crippen LogP contribution in [0.25, 0.3) is 0 Å². The van der Waals surface area contributed by atoms with Crippen LogP contribution in [0.15, 0.2) is 12.7 Å². The van der Waals surface area contributed by atoms with E-state index in [-0.39, 0.29) is 5.91 Å². The van der Waals surface area contributed by atoms with E-state index in [1.54, 1.807) is 11.0 Å². The molecule has 0 spiro atoms. The number of carbonyl (C=O) groups is 1. The van der Waals surface area contributed by atoms with Crippen molar-refractivity contribution in [1.82, 2.24) is 4.90 Å². The minimum Gasteiger partial charge on any atom is -0.336 e. The number of amides is 1. The summed E-state index contributed by atoms with van der Waals surface area (Å²) in [4.78, 5) is 12.1. The molecular formula is C9H13Cl2NO. The van der Waals surface area contributed by atoms with E-state index < -0.39 is 4.84 Å². The maximum absolute atomic E-state index is 11.4. The molecule has 13 heavy (non-hydrogen) atoms. The Kier molecular flexibility index (Phi) is 4.07. The summed E-state index contributed by atoms with van der Waals surface area (Å²) in [6, 6.07) is 0. The molecule has 0 aromatic heterocycles.